The molecule has 2 heterocycles. The zero-order valence-corrected chi connectivity index (χ0v) is 21.7. The summed E-state index contributed by atoms with van der Waals surface area (Å²) in [4.78, 5) is 14.0. The van der Waals surface area contributed by atoms with Gasteiger partial charge in [-0.05, 0) is 66.1 Å². The van der Waals surface area contributed by atoms with Gasteiger partial charge in [0.25, 0.3) is 0 Å². The predicted octanol–water partition coefficient (Wildman–Crippen LogP) is 3.17. The summed E-state index contributed by atoms with van der Waals surface area (Å²) < 4.78 is 48.8. The lowest BCUT2D eigenvalue weighted by atomic mass is 9.79. The standard InChI is InChI=1S/C23H36BNO7S/c1-21(2,3)30-20(26)25-13-11-17(12-14-25)29-18-10-9-16(15-19(18)33(8,27)28)24-31-22(4,5)23(6,7)32-24/h9-10,15,17H,11-14H2,1-8H3. The normalized spacial score (nSPS) is 21.2. The smallest absolute Gasteiger partial charge is 0.489 e. The summed E-state index contributed by atoms with van der Waals surface area (Å²) in [5.74, 6) is 0.300. The number of nitrogens with zero attached hydrogens (tertiary/aromatic N) is 1. The minimum absolute atomic E-state index is 0.101. The van der Waals surface area contributed by atoms with Gasteiger partial charge in [0.15, 0.2) is 9.84 Å². The van der Waals surface area contributed by atoms with Gasteiger partial charge in [-0.2, -0.15) is 0 Å². The highest BCUT2D eigenvalue weighted by atomic mass is 32.2. The van der Waals surface area contributed by atoms with Crippen molar-refractivity contribution in [3.63, 3.8) is 0 Å². The van der Waals surface area contributed by atoms with Crippen LogP contribution in [0.4, 0.5) is 4.79 Å². The molecule has 0 N–H and O–H groups in total. The summed E-state index contributed by atoms with van der Waals surface area (Å²) in [6.45, 7) is 14.3. The second-order valence-corrected chi connectivity index (χ2v) is 12.8. The predicted molar refractivity (Wildman–Crippen MR) is 127 cm³/mol. The molecule has 0 bridgehead atoms. The first-order valence-electron chi connectivity index (χ1n) is 11.3. The summed E-state index contributed by atoms with van der Waals surface area (Å²) >= 11 is 0. The number of likely N-dealkylation sites (tertiary alicyclic amines) is 1. The van der Waals surface area contributed by atoms with E-state index in [0.717, 1.165) is 6.26 Å². The van der Waals surface area contributed by atoms with Gasteiger partial charge in [-0.25, -0.2) is 13.2 Å². The summed E-state index contributed by atoms with van der Waals surface area (Å²) in [6.07, 6.45) is 1.79. The van der Waals surface area contributed by atoms with E-state index in [2.05, 4.69) is 0 Å². The molecule has 2 fully saturated rings. The van der Waals surface area contributed by atoms with Gasteiger partial charge in [0.1, 0.15) is 22.4 Å². The quantitative estimate of drug-likeness (QED) is 0.610. The number of benzene rings is 1. The number of sulfone groups is 1. The van der Waals surface area contributed by atoms with Crippen molar-refractivity contribution in [1.29, 1.82) is 0 Å². The van der Waals surface area contributed by atoms with Gasteiger partial charge in [0.2, 0.25) is 0 Å². The van der Waals surface area contributed by atoms with Crippen molar-refractivity contribution in [3.05, 3.63) is 18.2 Å². The van der Waals surface area contributed by atoms with Crippen LogP contribution in [0.2, 0.25) is 0 Å². The average molecular weight is 481 g/mol. The number of hydrogen-bond donors (Lipinski definition) is 0. The van der Waals surface area contributed by atoms with E-state index >= 15 is 0 Å². The Kier molecular flexibility index (Phi) is 6.87. The van der Waals surface area contributed by atoms with Crippen molar-refractivity contribution in [3.8, 4) is 5.75 Å². The Morgan fingerprint density at radius 2 is 1.64 bits per heavy atom. The third-order valence-corrected chi connectivity index (χ3v) is 7.40. The first-order valence-corrected chi connectivity index (χ1v) is 13.2. The van der Waals surface area contributed by atoms with E-state index in [4.69, 9.17) is 18.8 Å². The molecule has 0 unspecified atom stereocenters. The number of ether oxygens (including phenoxy) is 2. The van der Waals surface area contributed by atoms with Crippen LogP contribution in [0.1, 0.15) is 61.3 Å². The monoisotopic (exact) mass is 481 g/mol. The van der Waals surface area contributed by atoms with Crippen LogP contribution in [-0.4, -0.2) is 68.8 Å². The van der Waals surface area contributed by atoms with Crippen LogP contribution in [0.3, 0.4) is 0 Å². The molecule has 0 aromatic heterocycles. The molecule has 1 amide bonds. The minimum atomic E-state index is -3.56. The largest absolute Gasteiger partial charge is 0.494 e. The van der Waals surface area contributed by atoms with E-state index in [1.165, 1.54) is 0 Å². The van der Waals surface area contributed by atoms with Gasteiger partial charge in [-0.3, -0.25) is 0 Å². The van der Waals surface area contributed by atoms with Crippen LogP contribution in [0.5, 0.6) is 5.75 Å². The van der Waals surface area contributed by atoms with E-state index in [0.29, 0.717) is 37.1 Å². The number of carbonyl (C=O) groups is 1. The molecule has 0 atom stereocenters. The maximum absolute atomic E-state index is 12.6. The Morgan fingerprint density at radius 3 is 2.12 bits per heavy atom. The van der Waals surface area contributed by atoms with Crippen molar-refractivity contribution in [2.24, 2.45) is 0 Å². The highest BCUT2D eigenvalue weighted by molar-refractivity contribution is 7.90. The van der Waals surface area contributed by atoms with Crippen molar-refractivity contribution in [1.82, 2.24) is 4.90 Å². The van der Waals surface area contributed by atoms with Gasteiger partial charge >= 0.3 is 13.2 Å². The molecule has 10 heteroatoms. The zero-order valence-electron chi connectivity index (χ0n) is 20.9. The molecule has 1 aromatic carbocycles. The highest BCUT2D eigenvalue weighted by Crippen LogP contribution is 2.37. The topological polar surface area (TPSA) is 91.4 Å². The van der Waals surface area contributed by atoms with Gasteiger partial charge in [-0.1, -0.05) is 6.07 Å². The number of hydrogen-bond acceptors (Lipinski definition) is 7. The second-order valence-electron chi connectivity index (χ2n) is 10.9. The molecule has 0 saturated carbocycles. The van der Waals surface area contributed by atoms with E-state index in [9.17, 15) is 13.2 Å². The van der Waals surface area contributed by atoms with E-state index in [1.54, 1.807) is 23.1 Å². The molecule has 0 spiro atoms. The molecule has 8 nitrogen and oxygen atoms in total. The van der Waals surface area contributed by atoms with Crippen molar-refractivity contribution in [2.45, 2.75) is 89.1 Å². The first-order chi connectivity index (χ1) is 15.0. The van der Waals surface area contributed by atoms with Crippen molar-refractivity contribution >= 4 is 28.5 Å². The summed E-state index contributed by atoms with van der Waals surface area (Å²) in [5, 5.41) is 0. The number of piperidine rings is 1. The molecule has 0 aliphatic carbocycles. The Morgan fingerprint density at radius 1 is 1.09 bits per heavy atom. The van der Waals surface area contributed by atoms with E-state index in [1.807, 2.05) is 48.5 Å². The summed E-state index contributed by atoms with van der Waals surface area (Å²) in [6, 6.07) is 5.02. The van der Waals surface area contributed by atoms with Crippen molar-refractivity contribution < 1.29 is 32.0 Å². The Balaban J connectivity index is 1.73. The van der Waals surface area contributed by atoms with Crippen LogP contribution < -0.4 is 10.2 Å². The van der Waals surface area contributed by atoms with Crippen molar-refractivity contribution in [2.75, 3.05) is 19.3 Å². The lowest BCUT2D eigenvalue weighted by molar-refractivity contribution is 0.00578. The molecule has 2 aliphatic rings. The third kappa shape index (κ3) is 6.02. The maximum atomic E-state index is 12.6. The zero-order chi connectivity index (χ0) is 24.8. The third-order valence-electron chi connectivity index (χ3n) is 6.28. The molecular formula is C23H36BNO7S. The Hall–Kier alpha value is -1.78. The Bertz CT molecular complexity index is 977. The molecule has 2 aliphatic heterocycles. The highest BCUT2D eigenvalue weighted by Gasteiger charge is 2.51. The van der Waals surface area contributed by atoms with E-state index < -0.39 is 33.8 Å². The van der Waals surface area contributed by atoms with Crippen LogP contribution >= 0.6 is 0 Å². The van der Waals surface area contributed by atoms with Gasteiger partial charge < -0.3 is 23.7 Å². The Labute approximate surface area is 198 Å². The second kappa shape index (κ2) is 8.78. The fourth-order valence-electron chi connectivity index (χ4n) is 3.70. The van der Waals surface area contributed by atoms with Crippen LogP contribution in [0.25, 0.3) is 0 Å². The lowest BCUT2D eigenvalue weighted by Crippen LogP contribution is -2.44. The number of rotatable bonds is 4. The molecule has 33 heavy (non-hydrogen) atoms. The van der Waals surface area contributed by atoms with E-state index in [-0.39, 0.29) is 17.1 Å². The molecular weight excluding hydrogens is 445 g/mol. The van der Waals surface area contributed by atoms with Crippen LogP contribution in [0.15, 0.2) is 23.1 Å². The fraction of sp³-hybridized carbons (Fsp3) is 0.696. The number of carbonyl (C=O) groups excluding carboxylic acids is 1. The molecule has 3 rings (SSSR count). The molecule has 0 radical (unpaired) electrons. The SMILES string of the molecule is CC(C)(C)OC(=O)N1CCC(Oc2ccc(B3OC(C)(C)C(C)(C)O3)cc2S(C)(=O)=O)CC1. The van der Waals surface area contributed by atoms with Crippen LogP contribution in [-0.2, 0) is 23.9 Å². The van der Waals surface area contributed by atoms with Crippen LogP contribution in [0, 0.1) is 0 Å². The summed E-state index contributed by atoms with van der Waals surface area (Å²) in [5.41, 5.74) is -0.977. The van der Waals surface area contributed by atoms with Gasteiger partial charge in [-0.15, -0.1) is 0 Å². The maximum Gasteiger partial charge on any atom is 0.494 e. The first kappa shape index (κ1) is 25.8. The average Bonchev–Trinajstić information content (AvgIpc) is 2.87. The fourth-order valence-corrected chi connectivity index (χ4v) is 4.53. The molecule has 184 valence electrons. The minimum Gasteiger partial charge on any atom is -0.489 e. The van der Waals surface area contributed by atoms with Gasteiger partial charge in [0, 0.05) is 32.2 Å². The lowest BCUT2D eigenvalue weighted by Gasteiger charge is -2.33. The number of amides is 1. The summed E-state index contributed by atoms with van der Waals surface area (Å²) in [7, 11) is -4.22. The molecule has 2 saturated heterocycles. The van der Waals surface area contributed by atoms with Gasteiger partial charge in [0.05, 0.1) is 11.2 Å². The molecule has 1 aromatic rings.